The summed E-state index contributed by atoms with van der Waals surface area (Å²) in [6.45, 7) is 6.46. The van der Waals surface area contributed by atoms with Gasteiger partial charge in [0.1, 0.15) is 5.75 Å². The zero-order valence-corrected chi connectivity index (χ0v) is 12.5. The zero-order chi connectivity index (χ0) is 15.5. The molecule has 0 spiro atoms. The molecule has 0 bridgehead atoms. The lowest BCUT2D eigenvalue weighted by molar-refractivity contribution is 0.360. The normalized spacial score (nSPS) is 11.1. The Morgan fingerprint density at radius 1 is 1.00 bits per heavy atom. The Morgan fingerprint density at radius 3 is 2.14 bits per heavy atom. The molecule has 21 heavy (non-hydrogen) atoms. The quantitative estimate of drug-likeness (QED) is 0.658. The fourth-order valence-corrected chi connectivity index (χ4v) is 1.67. The van der Waals surface area contributed by atoms with Gasteiger partial charge in [-0.2, -0.15) is 9.97 Å². The van der Waals surface area contributed by atoms with E-state index in [4.69, 9.17) is 15.3 Å². The molecule has 7 nitrogen and oxygen atoms in total. The van der Waals surface area contributed by atoms with Gasteiger partial charge < -0.3 is 9.47 Å². The summed E-state index contributed by atoms with van der Waals surface area (Å²) >= 11 is 0. The molecule has 0 amide bonds. The SMILES string of the molecule is COc1nc(NN)nc(Oc2ccc(C(C)(C)C)cc2)n1. The van der Waals surface area contributed by atoms with Gasteiger partial charge in [-0.15, -0.1) is 4.98 Å². The third-order valence-electron chi connectivity index (χ3n) is 2.84. The molecule has 112 valence electrons. The van der Waals surface area contributed by atoms with Crippen molar-refractivity contribution in [3.8, 4) is 17.8 Å². The average molecular weight is 289 g/mol. The molecule has 0 aliphatic rings. The molecule has 1 heterocycles. The van der Waals surface area contributed by atoms with Gasteiger partial charge in [-0.3, -0.25) is 5.43 Å². The number of nitrogens with two attached hydrogens (primary N) is 1. The van der Waals surface area contributed by atoms with Crippen molar-refractivity contribution in [2.24, 2.45) is 5.84 Å². The van der Waals surface area contributed by atoms with Crippen molar-refractivity contribution < 1.29 is 9.47 Å². The first-order chi connectivity index (χ1) is 9.92. The van der Waals surface area contributed by atoms with Crippen LogP contribution in [0.3, 0.4) is 0 Å². The van der Waals surface area contributed by atoms with Gasteiger partial charge in [0.25, 0.3) is 0 Å². The third kappa shape index (κ3) is 3.79. The maximum absolute atomic E-state index is 5.59. The van der Waals surface area contributed by atoms with Gasteiger partial charge in [-0.1, -0.05) is 32.9 Å². The highest BCUT2D eigenvalue weighted by atomic mass is 16.5. The summed E-state index contributed by atoms with van der Waals surface area (Å²) < 4.78 is 10.6. The molecule has 0 saturated carbocycles. The fraction of sp³-hybridized carbons (Fsp3) is 0.357. The van der Waals surface area contributed by atoms with Gasteiger partial charge in [-0.25, -0.2) is 5.84 Å². The second kappa shape index (κ2) is 5.92. The van der Waals surface area contributed by atoms with Crippen LogP contribution in [0.25, 0.3) is 0 Å². The monoisotopic (exact) mass is 289 g/mol. The number of benzene rings is 1. The largest absolute Gasteiger partial charge is 0.467 e. The molecule has 0 fully saturated rings. The van der Waals surface area contributed by atoms with Crippen molar-refractivity contribution in [2.75, 3.05) is 12.5 Å². The molecule has 0 saturated heterocycles. The van der Waals surface area contributed by atoms with Crippen molar-refractivity contribution in [1.82, 2.24) is 15.0 Å². The number of rotatable bonds is 4. The van der Waals surface area contributed by atoms with Crippen LogP contribution in [0.15, 0.2) is 24.3 Å². The number of aromatic nitrogens is 3. The standard InChI is InChI=1S/C14H19N5O2/c1-14(2,3)9-5-7-10(8-6-9)21-13-17-11(19-15)16-12(18-13)20-4/h5-8H,15H2,1-4H3,(H,16,17,18,19). The van der Waals surface area contributed by atoms with E-state index in [0.717, 1.165) is 0 Å². The predicted molar refractivity (Wildman–Crippen MR) is 79.4 cm³/mol. The molecule has 0 aliphatic carbocycles. The topological polar surface area (TPSA) is 95.2 Å². The van der Waals surface area contributed by atoms with Crippen LogP contribution in [-0.2, 0) is 5.41 Å². The number of nitrogen functional groups attached to an aromatic ring is 1. The molecule has 0 unspecified atom stereocenters. The Morgan fingerprint density at radius 2 is 1.62 bits per heavy atom. The number of hydrogen-bond acceptors (Lipinski definition) is 7. The number of methoxy groups -OCH3 is 1. The van der Waals surface area contributed by atoms with Crippen molar-refractivity contribution in [1.29, 1.82) is 0 Å². The van der Waals surface area contributed by atoms with Crippen LogP contribution in [0.4, 0.5) is 5.95 Å². The number of ether oxygens (including phenoxy) is 2. The van der Waals surface area contributed by atoms with E-state index in [-0.39, 0.29) is 23.4 Å². The van der Waals surface area contributed by atoms with E-state index in [2.05, 4.69) is 41.1 Å². The summed E-state index contributed by atoms with van der Waals surface area (Å²) in [5.41, 5.74) is 3.64. The molecule has 1 aromatic heterocycles. The second-order valence-corrected chi connectivity index (χ2v) is 5.45. The maximum Gasteiger partial charge on any atom is 0.330 e. The lowest BCUT2D eigenvalue weighted by Gasteiger charge is -2.19. The van der Waals surface area contributed by atoms with Crippen molar-refractivity contribution in [2.45, 2.75) is 26.2 Å². The summed E-state index contributed by atoms with van der Waals surface area (Å²) in [5, 5.41) is 0. The second-order valence-electron chi connectivity index (χ2n) is 5.45. The summed E-state index contributed by atoms with van der Waals surface area (Å²) in [4.78, 5) is 11.9. The molecule has 3 N–H and O–H groups in total. The Labute approximate surface area is 123 Å². The third-order valence-corrected chi connectivity index (χ3v) is 2.84. The lowest BCUT2D eigenvalue weighted by Crippen LogP contribution is -2.12. The van der Waals surface area contributed by atoms with Crippen molar-refractivity contribution in [3.05, 3.63) is 29.8 Å². The number of anilines is 1. The predicted octanol–water partition coefficient (Wildman–Crippen LogP) is 2.26. The fourth-order valence-electron chi connectivity index (χ4n) is 1.67. The molecule has 2 rings (SSSR count). The minimum absolute atomic E-state index is 0.0888. The van der Waals surface area contributed by atoms with Crippen LogP contribution in [0.5, 0.6) is 17.8 Å². The van der Waals surface area contributed by atoms with Crippen LogP contribution in [-0.4, -0.2) is 22.1 Å². The first kappa shape index (κ1) is 15.0. The minimum Gasteiger partial charge on any atom is -0.467 e. The average Bonchev–Trinajstić information content (AvgIpc) is 2.46. The van der Waals surface area contributed by atoms with Crippen LogP contribution >= 0.6 is 0 Å². The van der Waals surface area contributed by atoms with Crippen LogP contribution in [0, 0.1) is 0 Å². The first-order valence-electron chi connectivity index (χ1n) is 6.47. The van der Waals surface area contributed by atoms with E-state index in [1.54, 1.807) is 0 Å². The van der Waals surface area contributed by atoms with Crippen molar-refractivity contribution >= 4 is 5.95 Å². The van der Waals surface area contributed by atoms with Gasteiger partial charge >= 0.3 is 12.0 Å². The zero-order valence-electron chi connectivity index (χ0n) is 12.5. The summed E-state index contributed by atoms with van der Waals surface area (Å²) in [5.74, 6) is 6.08. The molecule has 1 aromatic carbocycles. The highest BCUT2D eigenvalue weighted by molar-refractivity contribution is 5.33. The molecule has 7 heteroatoms. The number of nitrogens with one attached hydrogen (secondary N) is 1. The highest BCUT2D eigenvalue weighted by Gasteiger charge is 2.14. The molecule has 2 aromatic rings. The van der Waals surface area contributed by atoms with E-state index in [1.165, 1.54) is 12.7 Å². The van der Waals surface area contributed by atoms with Crippen LogP contribution in [0.2, 0.25) is 0 Å². The van der Waals surface area contributed by atoms with Gasteiger partial charge in [0, 0.05) is 0 Å². The highest BCUT2D eigenvalue weighted by Crippen LogP contribution is 2.26. The Kier molecular flexibility index (Phi) is 4.23. The van der Waals surface area contributed by atoms with E-state index in [9.17, 15) is 0 Å². The summed E-state index contributed by atoms with van der Waals surface area (Å²) in [6.07, 6.45) is 0. The summed E-state index contributed by atoms with van der Waals surface area (Å²) in [6, 6.07) is 7.99. The van der Waals surface area contributed by atoms with Gasteiger partial charge in [0.15, 0.2) is 0 Å². The van der Waals surface area contributed by atoms with E-state index < -0.39 is 0 Å². The Hall–Kier alpha value is -2.41. The van der Waals surface area contributed by atoms with Crippen LogP contribution < -0.4 is 20.7 Å². The summed E-state index contributed by atoms with van der Waals surface area (Å²) in [7, 11) is 1.46. The molecular formula is C14H19N5O2. The number of hydrazine groups is 1. The van der Waals surface area contributed by atoms with Gasteiger partial charge in [0.05, 0.1) is 7.11 Å². The first-order valence-corrected chi connectivity index (χ1v) is 6.47. The molecule has 0 radical (unpaired) electrons. The number of hydrogen-bond donors (Lipinski definition) is 2. The molecule has 0 aliphatic heterocycles. The van der Waals surface area contributed by atoms with E-state index in [1.807, 2.05) is 24.3 Å². The van der Waals surface area contributed by atoms with Gasteiger partial charge in [-0.05, 0) is 23.1 Å². The van der Waals surface area contributed by atoms with E-state index >= 15 is 0 Å². The smallest absolute Gasteiger partial charge is 0.330 e. The maximum atomic E-state index is 5.59. The Balaban J connectivity index is 2.22. The minimum atomic E-state index is 0.0888. The molecular weight excluding hydrogens is 270 g/mol. The number of nitrogens with zero attached hydrogens (tertiary/aromatic N) is 3. The van der Waals surface area contributed by atoms with Crippen LogP contribution in [0.1, 0.15) is 26.3 Å². The van der Waals surface area contributed by atoms with Gasteiger partial charge in [0.2, 0.25) is 5.95 Å². The lowest BCUT2D eigenvalue weighted by atomic mass is 9.87. The molecule has 0 atom stereocenters. The van der Waals surface area contributed by atoms with E-state index in [0.29, 0.717) is 5.75 Å². The Bertz CT molecular complexity index is 586. The van der Waals surface area contributed by atoms with Crippen molar-refractivity contribution in [3.63, 3.8) is 0 Å².